The van der Waals surface area contributed by atoms with Crippen LogP contribution in [-0.4, -0.2) is 36.1 Å². The summed E-state index contributed by atoms with van der Waals surface area (Å²) in [4.78, 5) is 2.92. The quantitative estimate of drug-likeness (QED) is 0.726. The predicted molar refractivity (Wildman–Crippen MR) is 90.5 cm³/mol. The minimum atomic E-state index is 0.449. The van der Waals surface area contributed by atoms with Crippen molar-refractivity contribution in [2.24, 2.45) is 17.8 Å². The van der Waals surface area contributed by atoms with Gasteiger partial charge in [0.15, 0.2) is 0 Å². The summed E-state index contributed by atoms with van der Waals surface area (Å²) < 4.78 is 0. The third kappa shape index (κ3) is 3.64. The molecule has 1 saturated heterocycles. The fraction of sp³-hybridized carbons (Fsp3) is 1.00. The Bertz CT molecular complexity index is 334. The van der Waals surface area contributed by atoms with Crippen molar-refractivity contribution in [3.63, 3.8) is 0 Å². The average molecular weight is 293 g/mol. The van der Waals surface area contributed by atoms with Gasteiger partial charge in [-0.1, -0.05) is 33.1 Å². The summed E-state index contributed by atoms with van der Waals surface area (Å²) in [6.07, 6.45) is 11.4. The third-order valence-electron chi connectivity index (χ3n) is 6.53. The molecule has 2 aliphatic carbocycles. The zero-order valence-corrected chi connectivity index (χ0v) is 14.5. The van der Waals surface area contributed by atoms with E-state index in [1.54, 1.807) is 0 Å². The highest BCUT2D eigenvalue weighted by molar-refractivity contribution is 5.07. The van der Waals surface area contributed by atoms with Gasteiger partial charge in [-0.3, -0.25) is 4.90 Å². The zero-order chi connectivity index (χ0) is 14.9. The van der Waals surface area contributed by atoms with Crippen LogP contribution >= 0.6 is 0 Å². The number of rotatable bonds is 8. The Hall–Kier alpha value is -0.0800. The lowest BCUT2D eigenvalue weighted by molar-refractivity contribution is 0.0159. The highest BCUT2D eigenvalue weighted by Gasteiger charge is 2.50. The lowest BCUT2D eigenvalue weighted by Crippen LogP contribution is -2.65. The molecule has 3 atom stereocenters. The van der Waals surface area contributed by atoms with Crippen molar-refractivity contribution in [2.75, 3.05) is 19.6 Å². The van der Waals surface area contributed by atoms with Gasteiger partial charge in [0, 0.05) is 31.2 Å². The van der Waals surface area contributed by atoms with E-state index in [-0.39, 0.29) is 0 Å². The SMILES string of the molecule is CCCCC(CC)CN1CC(C2CC2)NCC1(C)C1CC1. The van der Waals surface area contributed by atoms with E-state index in [0.717, 1.165) is 23.8 Å². The number of hydrogen-bond acceptors (Lipinski definition) is 2. The molecule has 0 amide bonds. The Morgan fingerprint density at radius 1 is 1.19 bits per heavy atom. The van der Waals surface area contributed by atoms with E-state index in [9.17, 15) is 0 Å². The molecule has 0 aromatic heterocycles. The van der Waals surface area contributed by atoms with Gasteiger partial charge in [0.25, 0.3) is 0 Å². The summed E-state index contributed by atoms with van der Waals surface area (Å²) in [5.74, 6) is 2.88. The Morgan fingerprint density at radius 2 is 1.95 bits per heavy atom. The maximum Gasteiger partial charge on any atom is 0.0334 e. The molecular weight excluding hydrogens is 256 g/mol. The minimum Gasteiger partial charge on any atom is -0.311 e. The molecule has 122 valence electrons. The van der Waals surface area contributed by atoms with E-state index >= 15 is 0 Å². The van der Waals surface area contributed by atoms with Crippen LogP contribution < -0.4 is 5.32 Å². The highest BCUT2D eigenvalue weighted by Crippen LogP contribution is 2.46. The molecule has 1 N–H and O–H groups in total. The molecule has 1 heterocycles. The van der Waals surface area contributed by atoms with Gasteiger partial charge in [-0.05, 0) is 56.8 Å². The topological polar surface area (TPSA) is 15.3 Å². The van der Waals surface area contributed by atoms with Crippen molar-refractivity contribution >= 4 is 0 Å². The highest BCUT2D eigenvalue weighted by atomic mass is 15.3. The fourth-order valence-electron chi connectivity index (χ4n) is 4.39. The maximum absolute atomic E-state index is 3.92. The molecule has 3 fully saturated rings. The first kappa shape index (κ1) is 15.8. The van der Waals surface area contributed by atoms with Gasteiger partial charge in [0.1, 0.15) is 0 Å². The first-order valence-electron chi connectivity index (χ1n) is 9.65. The second kappa shape index (κ2) is 6.58. The molecule has 21 heavy (non-hydrogen) atoms. The maximum atomic E-state index is 3.92. The van der Waals surface area contributed by atoms with Gasteiger partial charge in [0.05, 0.1) is 0 Å². The normalized spacial score (nSPS) is 35.9. The van der Waals surface area contributed by atoms with Crippen molar-refractivity contribution in [1.29, 1.82) is 0 Å². The number of hydrogen-bond donors (Lipinski definition) is 1. The average Bonchev–Trinajstić information content (AvgIpc) is 3.36. The van der Waals surface area contributed by atoms with Crippen LogP contribution in [-0.2, 0) is 0 Å². The van der Waals surface area contributed by atoms with Crippen molar-refractivity contribution in [1.82, 2.24) is 10.2 Å². The lowest BCUT2D eigenvalue weighted by Gasteiger charge is -2.50. The molecule has 0 bridgehead atoms. The number of nitrogens with one attached hydrogen (secondary N) is 1. The molecule has 1 aliphatic heterocycles. The Labute approximate surface area is 132 Å². The van der Waals surface area contributed by atoms with E-state index in [1.807, 2.05) is 0 Å². The van der Waals surface area contributed by atoms with Crippen LogP contribution in [0.4, 0.5) is 0 Å². The van der Waals surface area contributed by atoms with Crippen LogP contribution in [0.25, 0.3) is 0 Å². The van der Waals surface area contributed by atoms with Crippen LogP contribution in [0, 0.1) is 17.8 Å². The Morgan fingerprint density at radius 3 is 2.52 bits per heavy atom. The van der Waals surface area contributed by atoms with E-state index in [1.165, 1.54) is 71.0 Å². The van der Waals surface area contributed by atoms with E-state index in [0.29, 0.717) is 5.54 Å². The molecule has 3 aliphatic rings. The van der Waals surface area contributed by atoms with Gasteiger partial charge in [-0.15, -0.1) is 0 Å². The van der Waals surface area contributed by atoms with Crippen LogP contribution in [0.3, 0.4) is 0 Å². The Kier molecular flexibility index (Phi) is 4.95. The van der Waals surface area contributed by atoms with E-state index < -0.39 is 0 Å². The summed E-state index contributed by atoms with van der Waals surface area (Å²) in [6.45, 7) is 11.2. The molecule has 2 heteroatoms. The van der Waals surface area contributed by atoms with Crippen molar-refractivity contribution < 1.29 is 0 Å². The van der Waals surface area contributed by atoms with Gasteiger partial charge >= 0.3 is 0 Å². The molecule has 0 aromatic carbocycles. The summed E-state index contributed by atoms with van der Waals surface area (Å²) in [5.41, 5.74) is 0.449. The lowest BCUT2D eigenvalue weighted by atomic mass is 9.86. The molecule has 2 nitrogen and oxygen atoms in total. The minimum absolute atomic E-state index is 0.449. The van der Waals surface area contributed by atoms with Crippen LogP contribution in [0.15, 0.2) is 0 Å². The van der Waals surface area contributed by atoms with Crippen LogP contribution in [0.5, 0.6) is 0 Å². The summed E-state index contributed by atoms with van der Waals surface area (Å²) in [5, 5.41) is 3.92. The molecule has 0 spiro atoms. The van der Waals surface area contributed by atoms with Crippen molar-refractivity contribution in [3.8, 4) is 0 Å². The van der Waals surface area contributed by atoms with Gasteiger partial charge in [0.2, 0.25) is 0 Å². The smallest absolute Gasteiger partial charge is 0.0334 e. The molecule has 0 radical (unpaired) electrons. The molecule has 3 unspecified atom stereocenters. The number of unbranched alkanes of at least 4 members (excludes halogenated alkanes) is 1. The molecule has 3 rings (SSSR count). The number of nitrogens with zero attached hydrogens (tertiary/aromatic N) is 1. The summed E-state index contributed by atoms with van der Waals surface area (Å²) in [7, 11) is 0. The largest absolute Gasteiger partial charge is 0.311 e. The molecule has 0 aromatic rings. The standard InChI is InChI=1S/C19H36N2/c1-4-6-7-15(5-2)12-21-13-18(16-8-9-16)20-14-19(21,3)17-10-11-17/h15-18,20H,4-14H2,1-3H3. The van der Waals surface area contributed by atoms with Gasteiger partial charge < -0.3 is 5.32 Å². The second-order valence-electron chi connectivity index (χ2n) is 8.28. The molecule has 2 saturated carbocycles. The zero-order valence-electron chi connectivity index (χ0n) is 14.5. The van der Waals surface area contributed by atoms with Gasteiger partial charge in [-0.25, -0.2) is 0 Å². The van der Waals surface area contributed by atoms with Gasteiger partial charge in [-0.2, -0.15) is 0 Å². The number of piperazine rings is 1. The van der Waals surface area contributed by atoms with E-state index in [4.69, 9.17) is 0 Å². The van der Waals surface area contributed by atoms with Crippen molar-refractivity contribution in [2.45, 2.75) is 83.7 Å². The van der Waals surface area contributed by atoms with Crippen LogP contribution in [0.2, 0.25) is 0 Å². The predicted octanol–water partition coefficient (Wildman–Crippen LogP) is 4.06. The fourth-order valence-corrected chi connectivity index (χ4v) is 4.39. The first-order chi connectivity index (χ1) is 10.2. The molecular formula is C19H36N2. The van der Waals surface area contributed by atoms with E-state index in [2.05, 4.69) is 31.0 Å². The monoisotopic (exact) mass is 292 g/mol. The first-order valence-corrected chi connectivity index (χ1v) is 9.65. The second-order valence-corrected chi connectivity index (χ2v) is 8.28. The van der Waals surface area contributed by atoms with Crippen molar-refractivity contribution in [3.05, 3.63) is 0 Å². The Balaban J connectivity index is 1.63. The summed E-state index contributed by atoms with van der Waals surface area (Å²) >= 11 is 0. The third-order valence-corrected chi connectivity index (χ3v) is 6.53. The summed E-state index contributed by atoms with van der Waals surface area (Å²) in [6, 6.07) is 0.792. The van der Waals surface area contributed by atoms with Crippen LogP contribution in [0.1, 0.15) is 72.1 Å².